The third-order valence-electron chi connectivity index (χ3n) is 6.90. The molecule has 37 heavy (non-hydrogen) atoms. The van der Waals surface area contributed by atoms with Crippen molar-refractivity contribution >= 4 is 11.8 Å². The largest absolute Gasteiger partial charge is 0.484 e. The van der Waals surface area contributed by atoms with E-state index < -0.39 is 11.9 Å². The van der Waals surface area contributed by atoms with Gasteiger partial charge in [-0.3, -0.25) is 9.59 Å². The van der Waals surface area contributed by atoms with Crippen LogP contribution in [0.5, 0.6) is 5.75 Å². The molecular weight excluding hydrogens is 467 g/mol. The van der Waals surface area contributed by atoms with Crippen molar-refractivity contribution in [1.82, 2.24) is 10.2 Å². The number of hydrogen-bond acceptors (Lipinski definition) is 3. The van der Waals surface area contributed by atoms with E-state index in [9.17, 15) is 14.0 Å². The van der Waals surface area contributed by atoms with Gasteiger partial charge in [-0.2, -0.15) is 0 Å². The van der Waals surface area contributed by atoms with Crippen molar-refractivity contribution < 1.29 is 18.7 Å². The molecular formula is C31H35FN2O3. The molecule has 3 aromatic rings. The van der Waals surface area contributed by atoms with Crippen LogP contribution in [0.4, 0.5) is 4.39 Å². The molecule has 0 spiro atoms. The van der Waals surface area contributed by atoms with Crippen LogP contribution >= 0.6 is 0 Å². The number of benzene rings is 3. The van der Waals surface area contributed by atoms with E-state index in [1.807, 2.05) is 49.4 Å². The molecule has 1 fully saturated rings. The van der Waals surface area contributed by atoms with Gasteiger partial charge in [0.15, 0.2) is 6.61 Å². The summed E-state index contributed by atoms with van der Waals surface area (Å²) in [5, 5.41) is 3.19. The lowest BCUT2D eigenvalue weighted by molar-refractivity contribution is -0.143. The maximum Gasteiger partial charge on any atom is 0.261 e. The fourth-order valence-corrected chi connectivity index (χ4v) is 4.77. The van der Waals surface area contributed by atoms with Gasteiger partial charge in [0.25, 0.3) is 5.91 Å². The highest BCUT2D eigenvalue weighted by Crippen LogP contribution is 2.21. The second-order valence-corrected chi connectivity index (χ2v) is 9.76. The summed E-state index contributed by atoms with van der Waals surface area (Å²) in [4.78, 5) is 28.8. The minimum absolute atomic E-state index is 0.0294. The molecule has 2 amide bonds. The van der Waals surface area contributed by atoms with Crippen molar-refractivity contribution in [2.45, 2.75) is 64.1 Å². The second-order valence-electron chi connectivity index (χ2n) is 9.76. The van der Waals surface area contributed by atoms with E-state index in [-0.39, 0.29) is 31.0 Å². The Morgan fingerprint density at radius 2 is 1.62 bits per heavy atom. The Morgan fingerprint density at radius 1 is 0.946 bits per heavy atom. The van der Waals surface area contributed by atoms with E-state index in [1.165, 1.54) is 17.4 Å². The monoisotopic (exact) mass is 502 g/mol. The van der Waals surface area contributed by atoms with E-state index in [0.717, 1.165) is 36.8 Å². The number of carbonyl (C=O) groups excluding carboxylic acids is 2. The maximum atomic E-state index is 14.7. The van der Waals surface area contributed by atoms with E-state index in [1.54, 1.807) is 30.3 Å². The number of nitrogens with zero attached hydrogens (tertiary/aromatic N) is 1. The molecule has 1 aliphatic rings. The normalized spacial score (nSPS) is 14.5. The minimum Gasteiger partial charge on any atom is -0.484 e. The van der Waals surface area contributed by atoms with Crippen LogP contribution < -0.4 is 10.1 Å². The topological polar surface area (TPSA) is 58.6 Å². The summed E-state index contributed by atoms with van der Waals surface area (Å²) < 4.78 is 20.5. The van der Waals surface area contributed by atoms with E-state index in [2.05, 4.69) is 5.32 Å². The van der Waals surface area contributed by atoms with Gasteiger partial charge in [0, 0.05) is 24.6 Å². The van der Waals surface area contributed by atoms with Crippen LogP contribution in [0.3, 0.4) is 0 Å². The molecule has 0 bridgehead atoms. The highest BCUT2D eigenvalue weighted by atomic mass is 19.1. The Morgan fingerprint density at radius 3 is 2.32 bits per heavy atom. The molecule has 1 N–H and O–H groups in total. The van der Waals surface area contributed by atoms with Crippen LogP contribution in [0.15, 0.2) is 78.9 Å². The Bertz CT molecular complexity index is 1160. The van der Waals surface area contributed by atoms with Crippen LogP contribution in [-0.4, -0.2) is 35.4 Å². The van der Waals surface area contributed by atoms with E-state index >= 15 is 0 Å². The first-order valence-corrected chi connectivity index (χ1v) is 13.1. The third kappa shape index (κ3) is 7.66. The fourth-order valence-electron chi connectivity index (χ4n) is 4.77. The molecule has 4 rings (SSSR count). The summed E-state index contributed by atoms with van der Waals surface area (Å²) in [6, 6.07) is 22.7. The Labute approximate surface area is 218 Å². The van der Waals surface area contributed by atoms with Gasteiger partial charge in [-0.05, 0) is 43.5 Å². The number of carbonyl (C=O) groups is 2. The lowest BCUT2D eigenvalue weighted by Crippen LogP contribution is -2.53. The van der Waals surface area contributed by atoms with Gasteiger partial charge < -0.3 is 15.0 Å². The number of hydrogen-bond donors (Lipinski definition) is 1. The SMILES string of the molecule is Cc1ccc(OCC(=O)N(Cc2ccccc2F)[C@@H](Cc2ccccc2)C(=O)NC2CCCCC2)cc1. The Kier molecular flexibility index (Phi) is 9.30. The molecule has 0 aromatic heterocycles. The van der Waals surface area contributed by atoms with Crippen molar-refractivity contribution in [3.05, 3.63) is 101 Å². The third-order valence-corrected chi connectivity index (χ3v) is 6.90. The minimum atomic E-state index is -0.807. The van der Waals surface area contributed by atoms with Crippen LogP contribution in [-0.2, 0) is 22.6 Å². The first-order valence-electron chi connectivity index (χ1n) is 13.1. The zero-order valence-electron chi connectivity index (χ0n) is 21.4. The van der Waals surface area contributed by atoms with Crippen molar-refractivity contribution in [2.75, 3.05) is 6.61 Å². The molecule has 0 heterocycles. The predicted molar refractivity (Wildman–Crippen MR) is 143 cm³/mol. The molecule has 0 unspecified atom stereocenters. The highest BCUT2D eigenvalue weighted by molar-refractivity contribution is 5.88. The van der Waals surface area contributed by atoms with Gasteiger partial charge in [0.05, 0.1) is 0 Å². The summed E-state index contributed by atoms with van der Waals surface area (Å²) in [6.45, 7) is 1.70. The number of rotatable bonds is 10. The average molecular weight is 503 g/mol. The van der Waals surface area contributed by atoms with Crippen LogP contribution in [0.25, 0.3) is 0 Å². The van der Waals surface area contributed by atoms with Crippen molar-refractivity contribution in [2.24, 2.45) is 0 Å². The second kappa shape index (κ2) is 13.0. The summed E-state index contributed by atoms with van der Waals surface area (Å²) in [5.74, 6) is -0.429. The zero-order chi connectivity index (χ0) is 26.0. The van der Waals surface area contributed by atoms with E-state index in [0.29, 0.717) is 17.7 Å². The van der Waals surface area contributed by atoms with Gasteiger partial charge in [0.2, 0.25) is 5.91 Å². The number of halogens is 1. The maximum absolute atomic E-state index is 14.7. The number of aryl methyl sites for hydroxylation is 1. The molecule has 194 valence electrons. The van der Waals surface area contributed by atoms with Crippen molar-refractivity contribution in [3.63, 3.8) is 0 Å². The highest BCUT2D eigenvalue weighted by Gasteiger charge is 2.32. The van der Waals surface area contributed by atoms with Crippen molar-refractivity contribution in [1.29, 1.82) is 0 Å². The predicted octanol–water partition coefficient (Wildman–Crippen LogP) is 5.60. The van der Waals surface area contributed by atoms with Gasteiger partial charge in [-0.1, -0.05) is 85.5 Å². The number of nitrogens with one attached hydrogen (secondary N) is 1. The van der Waals surface area contributed by atoms with Crippen LogP contribution in [0, 0.1) is 12.7 Å². The first-order chi connectivity index (χ1) is 18.0. The summed E-state index contributed by atoms with van der Waals surface area (Å²) >= 11 is 0. The van der Waals surface area contributed by atoms with Crippen LogP contribution in [0.2, 0.25) is 0 Å². The molecule has 0 saturated heterocycles. The summed E-state index contributed by atoms with van der Waals surface area (Å²) in [6.07, 6.45) is 5.52. The lowest BCUT2D eigenvalue weighted by Gasteiger charge is -2.33. The van der Waals surface area contributed by atoms with Gasteiger partial charge in [-0.25, -0.2) is 4.39 Å². The number of ether oxygens (including phenoxy) is 1. The number of amides is 2. The zero-order valence-corrected chi connectivity index (χ0v) is 21.4. The summed E-state index contributed by atoms with van der Waals surface area (Å²) in [7, 11) is 0. The van der Waals surface area contributed by atoms with E-state index in [4.69, 9.17) is 4.74 Å². The first kappa shape index (κ1) is 26.4. The Hall–Kier alpha value is -3.67. The molecule has 6 heteroatoms. The quantitative estimate of drug-likeness (QED) is 0.393. The molecule has 0 aliphatic heterocycles. The molecule has 1 aliphatic carbocycles. The molecule has 5 nitrogen and oxygen atoms in total. The molecule has 3 aromatic carbocycles. The lowest BCUT2D eigenvalue weighted by atomic mass is 9.94. The Balaban J connectivity index is 1.61. The molecule has 1 atom stereocenters. The van der Waals surface area contributed by atoms with Crippen molar-refractivity contribution in [3.8, 4) is 5.75 Å². The van der Waals surface area contributed by atoms with Gasteiger partial charge in [-0.15, -0.1) is 0 Å². The smallest absolute Gasteiger partial charge is 0.261 e. The standard InChI is InChI=1S/C31H35FN2O3/c1-23-16-18-27(19-17-23)37-22-30(35)34(21-25-12-8-9-15-28(25)32)29(20-24-10-4-2-5-11-24)31(36)33-26-13-6-3-7-14-26/h2,4-5,8-12,15-19,26,29H,3,6-7,13-14,20-22H2,1H3,(H,33,36)/t29-/m0/s1. The fraction of sp³-hybridized carbons (Fsp3) is 0.355. The van der Waals surface area contributed by atoms with Gasteiger partial charge in [0.1, 0.15) is 17.6 Å². The average Bonchev–Trinajstić information content (AvgIpc) is 2.92. The van der Waals surface area contributed by atoms with Gasteiger partial charge >= 0.3 is 0 Å². The molecule has 0 radical (unpaired) electrons. The molecule has 1 saturated carbocycles. The summed E-state index contributed by atoms with van der Waals surface area (Å²) in [5.41, 5.74) is 2.37. The van der Waals surface area contributed by atoms with Crippen LogP contribution in [0.1, 0.15) is 48.8 Å².